The summed E-state index contributed by atoms with van der Waals surface area (Å²) in [5, 5.41) is 7.15. The van der Waals surface area contributed by atoms with Gasteiger partial charge >= 0.3 is 0 Å². The molecule has 0 saturated heterocycles. The van der Waals surface area contributed by atoms with Gasteiger partial charge in [-0.15, -0.1) is 22.7 Å². The first-order valence-corrected chi connectivity index (χ1v) is 9.21. The van der Waals surface area contributed by atoms with Crippen LogP contribution in [0.2, 0.25) is 0 Å². The van der Waals surface area contributed by atoms with Crippen molar-refractivity contribution in [1.82, 2.24) is 4.98 Å². The molecule has 0 atom stereocenters. The number of aryl methyl sites for hydroxylation is 1. The van der Waals surface area contributed by atoms with Crippen LogP contribution in [0, 0.1) is 6.92 Å². The van der Waals surface area contributed by atoms with E-state index in [4.69, 9.17) is 0 Å². The summed E-state index contributed by atoms with van der Waals surface area (Å²) < 4.78 is 1.12. The van der Waals surface area contributed by atoms with Crippen LogP contribution in [0.3, 0.4) is 0 Å². The Morgan fingerprint density at radius 1 is 1.08 bits per heavy atom. The standard InChI is InChI=1S/C19H14N2OS2/c1-12-20-16(11-23-12)13-6-8-15(9-7-13)21-19(22)18-10-14-4-2-3-5-17(14)24-18/h2-11H,1H3,(H,21,22). The first-order chi connectivity index (χ1) is 11.7. The molecule has 3 nitrogen and oxygen atoms in total. The summed E-state index contributed by atoms with van der Waals surface area (Å²) in [5.41, 5.74) is 2.81. The fourth-order valence-electron chi connectivity index (χ4n) is 2.51. The van der Waals surface area contributed by atoms with Crippen molar-refractivity contribution < 1.29 is 4.79 Å². The average Bonchev–Trinajstić information content (AvgIpc) is 3.21. The van der Waals surface area contributed by atoms with Crippen LogP contribution in [-0.2, 0) is 0 Å². The van der Waals surface area contributed by atoms with E-state index in [2.05, 4.69) is 10.3 Å². The fraction of sp³-hybridized carbons (Fsp3) is 0.0526. The van der Waals surface area contributed by atoms with Crippen molar-refractivity contribution in [2.75, 3.05) is 5.32 Å². The second-order valence-corrected chi connectivity index (χ2v) is 7.58. The Morgan fingerprint density at radius 3 is 2.58 bits per heavy atom. The lowest BCUT2D eigenvalue weighted by Crippen LogP contribution is -2.09. The molecule has 4 aromatic rings. The molecule has 0 unspecified atom stereocenters. The zero-order valence-corrected chi connectivity index (χ0v) is 14.6. The van der Waals surface area contributed by atoms with Crippen LogP contribution in [0.5, 0.6) is 0 Å². The molecule has 2 heterocycles. The van der Waals surface area contributed by atoms with Crippen LogP contribution in [0.4, 0.5) is 5.69 Å². The molecule has 2 aromatic carbocycles. The molecule has 0 bridgehead atoms. The van der Waals surface area contributed by atoms with Crippen LogP contribution in [0.25, 0.3) is 21.3 Å². The number of hydrogen-bond donors (Lipinski definition) is 1. The molecule has 0 saturated carbocycles. The summed E-state index contributed by atoms with van der Waals surface area (Å²) in [6.45, 7) is 1.99. The van der Waals surface area contributed by atoms with E-state index in [0.29, 0.717) is 0 Å². The van der Waals surface area contributed by atoms with Gasteiger partial charge in [0.05, 0.1) is 15.6 Å². The van der Waals surface area contributed by atoms with E-state index < -0.39 is 0 Å². The van der Waals surface area contributed by atoms with Crippen LogP contribution in [0.15, 0.2) is 60.0 Å². The van der Waals surface area contributed by atoms with Crippen molar-refractivity contribution in [2.24, 2.45) is 0 Å². The summed E-state index contributed by atoms with van der Waals surface area (Å²) in [4.78, 5) is 17.6. The number of amides is 1. The zero-order valence-electron chi connectivity index (χ0n) is 12.9. The minimum Gasteiger partial charge on any atom is -0.321 e. The SMILES string of the molecule is Cc1nc(-c2ccc(NC(=O)c3cc4ccccc4s3)cc2)cs1. The first-order valence-electron chi connectivity index (χ1n) is 7.51. The van der Waals surface area contributed by atoms with E-state index in [1.165, 1.54) is 11.3 Å². The Hall–Kier alpha value is -2.50. The molecule has 0 aliphatic rings. The normalized spacial score (nSPS) is 10.9. The number of benzene rings is 2. The third kappa shape index (κ3) is 2.96. The van der Waals surface area contributed by atoms with Crippen LogP contribution < -0.4 is 5.32 Å². The molecule has 4 rings (SSSR count). The van der Waals surface area contributed by atoms with Crippen LogP contribution in [-0.4, -0.2) is 10.9 Å². The summed E-state index contributed by atoms with van der Waals surface area (Å²) >= 11 is 3.14. The number of nitrogens with one attached hydrogen (secondary N) is 1. The Bertz CT molecular complexity index is 982. The van der Waals surface area contributed by atoms with Crippen molar-refractivity contribution in [2.45, 2.75) is 6.92 Å². The van der Waals surface area contributed by atoms with Gasteiger partial charge in [0, 0.05) is 21.3 Å². The predicted octanol–water partition coefficient (Wildman–Crippen LogP) is 5.59. The van der Waals surface area contributed by atoms with Crippen molar-refractivity contribution in [1.29, 1.82) is 0 Å². The number of thiazole rings is 1. The summed E-state index contributed by atoms with van der Waals surface area (Å²) in [6.07, 6.45) is 0. The van der Waals surface area contributed by atoms with Crippen molar-refractivity contribution in [3.8, 4) is 11.3 Å². The number of aromatic nitrogens is 1. The highest BCUT2D eigenvalue weighted by Gasteiger charge is 2.10. The number of carbonyl (C=O) groups is 1. The van der Waals surface area contributed by atoms with Crippen molar-refractivity contribution in [3.05, 3.63) is 69.9 Å². The van der Waals surface area contributed by atoms with Gasteiger partial charge in [0.2, 0.25) is 0 Å². The quantitative estimate of drug-likeness (QED) is 0.523. The second kappa shape index (κ2) is 6.19. The minimum atomic E-state index is -0.0755. The molecular weight excluding hydrogens is 336 g/mol. The van der Waals surface area contributed by atoms with Gasteiger partial charge in [-0.05, 0) is 36.6 Å². The number of rotatable bonds is 3. The van der Waals surface area contributed by atoms with E-state index in [0.717, 1.165) is 36.9 Å². The number of fused-ring (bicyclic) bond motifs is 1. The second-order valence-electron chi connectivity index (χ2n) is 5.43. The van der Waals surface area contributed by atoms with Gasteiger partial charge in [0.1, 0.15) is 0 Å². The lowest BCUT2D eigenvalue weighted by Gasteiger charge is -2.04. The van der Waals surface area contributed by atoms with Gasteiger partial charge in [-0.25, -0.2) is 4.98 Å². The number of thiophene rings is 1. The monoisotopic (exact) mass is 350 g/mol. The van der Waals surface area contributed by atoms with E-state index in [1.54, 1.807) is 11.3 Å². The molecule has 0 spiro atoms. The Balaban J connectivity index is 1.53. The maximum absolute atomic E-state index is 12.4. The number of hydrogen-bond acceptors (Lipinski definition) is 4. The largest absolute Gasteiger partial charge is 0.321 e. The molecule has 5 heteroatoms. The lowest BCUT2D eigenvalue weighted by atomic mass is 10.1. The van der Waals surface area contributed by atoms with Crippen LogP contribution in [0.1, 0.15) is 14.7 Å². The van der Waals surface area contributed by atoms with E-state index in [-0.39, 0.29) is 5.91 Å². The number of nitrogens with zero attached hydrogens (tertiary/aromatic N) is 1. The average molecular weight is 350 g/mol. The van der Waals surface area contributed by atoms with E-state index in [9.17, 15) is 4.79 Å². The third-order valence-corrected chi connectivity index (χ3v) is 5.60. The molecule has 1 amide bonds. The molecule has 0 aliphatic carbocycles. The summed E-state index contributed by atoms with van der Waals surface area (Å²) in [7, 11) is 0. The molecule has 24 heavy (non-hydrogen) atoms. The molecule has 2 aromatic heterocycles. The third-order valence-electron chi connectivity index (χ3n) is 3.71. The maximum atomic E-state index is 12.4. The van der Waals surface area contributed by atoms with E-state index >= 15 is 0 Å². The van der Waals surface area contributed by atoms with Gasteiger partial charge in [-0.1, -0.05) is 30.3 Å². The highest BCUT2D eigenvalue weighted by atomic mass is 32.1. The summed E-state index contributed by atoms with van der Waals surface area (Å²) in [6, 6.07) is 17.7. The molecule has 0 fully saturated rings. The molecule has 1 N–H and O–H groups in total. The molecule has 0 radical (unpaired) electrons. The number of anilines is 1. The highest BCUT2D eigenvalue weighted by molar-refractivity contribution is 7.20. The van der Waals surface area contributed by atoms with Gasteiger partial charge in [-0.2, -0.15) is 0 Å². The van der Waals surface area contributed by atoms with Gasteiger partial charge in [-0.3, -0.25) is 4.79 Å². The van der Waals surface area contributed by atoms with Gasteiger partial charge in [0.25, 0.3) is 5.91 Å². The predicted molar refractivity (Wildman–Crippen MR) is 102 cm³/mol. The Kier molecular flexibility index (Phi) is 3.88. The topological polar surface area (TPSA) is 42.0 Å². The molecule has 0 aliphatic heterocycles. The fourth-order valence-corrected chi connectivity index (χ4v) is 4.09. The maximum Gasteiger partial charge on any atom is 0.265 e. The molecular formula is C19H14N2OS2. The minimum absolute atomic E-state index is 0.0755. The number of carbonyl (C=O) groups excluding carboxylic acids is 1. The Morgan fingerprint density at radius 2 is 1.88 bits per heavy atom. The van der Waals surface area contributed by atoms with Crippen molar-refractivity contribution >= 4 is 44.4 Å². The van der Waals surface area contributed by atoms with Crippen LogP contribution >= 0.6 is 22.7 Å². The Labute approximate surface area is 147 Å². The van der Waals surface area contributed by atoms with E-state index in [1.807, 2.05) is 66.9 Å². The lowest BCUT2D eigenvalue weighted by molar-refractivity contribution is 0.103. The summed E-state index contributed by atoms with van der Waals surface area (Å²) in [5.74, 6) is -0.0755. The van der Waals surface area contributed by atoms with Gasteiger partial charge < -0.3 is 5.32 Å². The smallest absolute Gasteiger partial charge is 0.265 e. The van der Waals surface area contributed by atoms with Gasteiger partial charge in [0.15, 0.2) is 0 Å². The molecule has 118 valence electrons. The highest BCUT2D eigenvalue weighted by Crippen LogP contribution is 2.27. The van der Waals surface area contributed by atoms with Crippen molar-refractivity contribution in [3.63, 3.8) is 0 Å². The first kappa shape index (κ1) is 15.1. The zero-order chi connectivity index (χ0) is 16.5.